The number of alkyl halides is 1. The molecular weight excluding hydrogens is 305 g/mol. The fraction of sp³-hybridized carbons (Fsp3) is 0.538. The van der Waals surface area contributed by atoms with Gasteiger partial charge < -0.3 is 0 Å². The molecule has 2 rings (SSSR count). The zero-order chi connectivity index (χ0) is 13.9. The molecule has 0 N–H and O–H groups in total. The van der Waals surface area contributed by atoms with E-state index < -0.39 is 10.0 Å². The number of hydrogen-bond donors (Lipinski definition) is 0. The van der Waals surface area contributed by atoms with Gasteiger partial charge in [0.25, 0.3) is 0 Å². The van der Waals surface area contributed by atoms with Gasteiger partial charge in [0, 0.05) is 17.4 Å². The first-order valence-electron chi connectivity index (χ1n) is 6.36. The van der Waals surface area contributed by atoms with Crippen molar-refractivity contribution in [1.82, 2.24) is 4.31 Å². The van der Waals surface area contributed by atoms with Gasteiger partial charge in [-0.05, 0) is 30.9 Å². The van der Waals surface area contributed by atoms with Gasteiger partial charge in [-0.1, -0.05) is 29.8 Å². The molecule has 0 spiro atoms. The Morgan fingerprint density at radius 1 is 1.32 bits per heavy atom. The maximum Gasteiger partial charge on any atom is 0.214 e. The third-order valence-corrected chi connectivity index (χ3v) is 5.93. The number of hydrogen-bond acceptors (Lipinski definition) is 2. The third-order valence-electron chi connectivity index (χ3n) is 3.36. The second-order valence-electron chi connectivity index (χ2n) is 4.65. The predicted molar refractivity (Wildman–Crippen MR) is 79.3 cm³/mol. The van der Waals surface area contributed by atoms with E-state index in [1.807, 2.05) is 18.2 Å². The van der Waals surface area contributed by atoms with Crippen molar-refractivity contribution in [2.45, 2.75) is 25.3 Å². The first kappa shape index (κ1) is 15.1. The van der Waals surface area contributed by atoms with Crippen molar-refractivity contribution in [3.05, 3.63) is 34.9 Å². The van der Waals surface area contributed by atoms with Crippen LogP contribution in [0.5, 0.6) is 0 Å². The second kappa shape index (κ2) is 6.44. The maximum absolute atomic E-state index is 12.3. The average molecular weight is 322 g/mol. The van der Waals surface area contributed by atoms with Crippen LogP contribution in [0.25, 0.3) is 0 Å². The van der Waals surface area contributed by atoms with E-state index in [0.717, 1.165) is 18.4 Å². The number of benzene rings is 1. The molecule has 1 atom stereocenters. The van der Waals surface area contributed by atoms with Crippen LogP contribution in [0.3, 0.4) is 0 Å². The topological polar surface area (TPSA) is 37.4 Å². The summed E-state index contributed by atoms with van der Waals surface area (Å²) in [5, 5.41) is 0.631. The van der Waals surface area contributed by atoms with Crippen LogP contribution >= 0.6 is 23.2 Å². The summed E-state index contributed by atoms with van der Waals surface area (Å²) in [6.45, 7) is 0.570. The summed E-state index contributed by atoms with van der Waals surface area (Å²) in [5.41, 5.74) is 0.899. The summed E-state index contributed by atoms with van der Waals surface area (Å²) in [5.74, 6) is 0.473. The molecule has 0 aromatic heterocycles. The van der Waals surface area contributed by atoms with Crippen LogP contribution in [-0.4, -0.2) is 30.9 Å². The van der Waals surface area contributed by atoms with Gasteiger partial charge in [0.05, 0.1) is 11.8 Å². The van der Waals surface area contributed by atoms with Crippen LogP contribution in [0.4, 0.5) is 0 Å². The number of rotatable bonds is 5. The summed E-state index contributed by atoms with van der Waals surface area (Å²) in [6.07, 6.45) is 2.18. The zero-order valence-electron chi connectivity index (χ0n) is 10.6. The Balaban J connectivity index is 2.25. The molecule has 106 valence electrons. The monoisotopic (exact) mass is 321 g/mol. The summed E-state index contributed by atoms with van der Waals surface area (Å²) < 4.78 is 26.2. The summed E-state index contributed by atoms with van der Waals surface area (Å²) in [4.78, 5) is 0. The van der Waals surface area contributed by atoms with Gasteiger partial charge in [0.1, 0.15) is 0 Å². The van der Waals surface area contributed by atoms with Crippen LogP contribution in [0, 0.1) is 0 Å². The van der Waals surface area contributed by atoms with E-state index in [1.54, 1.807) is 10.4 Å². The molecule has 1 heterocycles. The van der Waals surface area contributed by atoms with Crippen molar-refractivity contribution < 1.29 is 8.42 Å². The minimum atomic E-state index is -3.25. The van der Waals surface area contributed by atoms with Crippen molar-refractivity contribution >= 4 is 33.2 Å². The van der Waals surface area contributed by atoms with Crippen molar-refractivity contribution in [2.75, 3.05) is 18.2 Å². The van der Waals surface area contributed by atoms with Crippen LogP contribution in [-0.2, 0) is 10.0 Å². The highest BCUT2D eigenvalue weighted by Crippen LogP contribution is 2.37. The molecule has 1 aliphatic heterocycles. The van der Waals surface area contributed by atoms with E-state index in [1.165, 1.54) is 0 Å². The molecule has 0 aliphatic carbocycles. The van der Waals surface area contributed by atoms with Crippen LogP contribution in [0.15, 0.2) is 24.3 Å². The molecule has 1 unspecified atom stereocenters. The van der Waals surface area contributed by atoms with Gasteiger partial charge in [0.2, 0.25) is 10.0 Å². The average Bonchev–Trinajstić information content (AvgIpc) is 2.87. The number of nitrogens with zero attached hydrogens (tertiary/aromatic N) is 1. The Bertz CT molecular complexity index is 533. The van der Waals surface area contributed by atoms with Crippen LogP contribution < -0.4 is 0 Å². The highest BCUT2D eigenvalue weighted by molar-refractivity contribution is 7.89. The lowest BCUT2D eigenvalue weighted by Crippen LogP contribution is -2.32. The quantitative estimate of drug-likeness (QED) is 0.779. The highest BCUT2D eigenvalue weighted by Gasteiger charge is 2.35. The summed E-state index contributed by atoms with van der Waals surface area (Å²) >= 11 is 11.8. The fourth-order valence-electron chi connectivity index (χ4n) is 2.48. The van der Waals surface area contributed by atoms with Crippen molar-refractivity contribution in [3.63, 3.8) is 0 Å². The van der Waals surface area contributed by atoms with E-state index >= 15 is 0 Å². The molecule has 0 saturated carbocycles. The Kier molecular flexibility index (Phi) is 5.12. The Labute approximate surface area is 124 Å². The van der Waals surface area contributed by atoms with Gasteiger partial charge in [-0.15, -0.1) is 11.6 Å². The van der Waals surface area contributed by atoms with Crippen molar-refractivity contribution in [3.8, 4) is 0 Å². The van der Waals surface area contributed by atoms with E-state index in [0.29, 0.717) is 23.9 Å². The summed E-state index contributed by atoms with van der Waals surface area (Å²) in [7, 11) is -3.25. The lowest BCUT2D eigenvalue weighted by Gasteiger charge is -2.25. The lowest BCUT2D eigenvalue weighted by atomic mass is 10.1. The van der Waals surface area contributed by atoms with Crippen molar-refractivity contribution in [2.24, 2.45) is 0 Å². The Morgan fingerprint density at radius 3 is 2.74 bits per heavy atom. The first-order valence-corrected chi connectivity index (χ1v) is 8.88. The molecular formula is C13H17Cl2NO2S. The minimum Gasteiger partial charge on any atom is -0.212 e. The van der Waals surface area contributed by atoms with Crippen LogP contribution in [0.1, 0.15) is 30.9 Å². The minimum absolute atomic E-state index is 0.109. The lowest BCUT2D eigenvalue weighted by molar-refractivity contribution is 0.396. The summed E-state index contributed by atoms with van der Waals surface area (Å²) in [6, 6.07) is 7.33. The molecule has 0 radical (unpaired) electrons. The smallest absolute Gasteiger partial charge is 0.212 e. The van der Waals surface area contributed by atoms with Crippen molar-refractivity contribution in [1.29, 1.82) is 0 Å². The Morgan fingerprint density at radius 2 is 2.05 bits per heavy atom. The molecule has 1 aromatic carbocycles. The van der Waals surface area contributed by atoms with E-state index in [2.05, 4.69) is 0 Å². The largest absolute Gasteiger partial charge is 0.214 e. The third kappa shape index (κ3) is 3.43. The second-order valence-corrected chi connectivity index (χ2v) is 7.48. The molecule has 1 aliphatic rings. The van der Waals surface area contributed by atoms with E-state index in [9.17, 15) is 8.42 Å². The Hall–Kier alpha value is -0.290. The predicted octanol–water partition coefficient (Wildman–Crippen LogP) is 3.44. The molecule has 19 heavy (non-hydrogen) atoms. The molecule has 1 aromatic rings. The van der Waals surface area contributed by atoms with Gasteiger partial charge in [-0.3, -0.25) is 0 Å². The fourth-order valence-corrected chi connectivity index (χ4v) is 4.79. The zero-order valence-corrected chi connectivity index (χ0v) is 12.9. The molecule has 0 amide bonds. The normalized spacial score (nSPS) is 20.8. The van der Waals surface area contributed by atoms with Gasteiger partial charge >= 0.3 is 0 Å². The SMILES string of the molecule is O=S(=O)(CCCCl)N1CCCC1c1ccccc1Cl. The molecule has 0 bridgehead atoms. The van der Waals surface area contributed by atoms with E-state index in [-0.39, 0.29) is 11.8 Å². The van der Waals surface area contributed by atoms with Gasteiger partial charge in [-0.2, -0.15) is 4.31 Å². The molecule has 3 nitrogen and oxygen atoms in total. The van der Waals surface area contributed by atoms with Gasteiger partial charge in [0.15, 0.2) is 0 Å². The van der Waals surface area contributed by atoms with E-state index in [4.69, 9.17) is 23.2 Å². The molecule has 1 saturated heterocycles. The highest BCUT2D eigenvalue weighted by atomic mass is 35.5. The first-order chi connectivity index (χ1) is 9.06. The standard InChI is InChI=1S/C13H17Cl2NO2S/c14-8-4-10-19(17,18)16-9-3-7-13(16)11-5-1-2-6-12(11)15/h1-2,5-6,13H,3-4,7-10H2. The number of halogens is 2. The van der Waals surface area contributed by atoms with Crippen LogP contribution in [0.2, 0.25) is 5.02 Å². The number of sulfonamides is 1. The molecule has 1 fully saturated rings. The van der Waals surface area contributed by atoms with Gasteiger partial charge in [-0.25, -0.2) is 8.42 Å². The maximum atomic E-state index is 12.3. The molecule has 6 heteroatoms.